The molecule has 0 aromatic heterocycles. The Kier molecular flexibility index (Phi) is 6.18. The maximum absolute atomic E-state index is 12.4. The van der Waals surface area contributed by atoms with Crippen LogP contribution in [-0.2, 0) is 19.1 Å². The second kappa shape index (κ2) is 8.16. The summed E-state index contributed by atoms with van der Waals surface area (Å²) < 4.78 is 14.7. The van der Waals surface area contributed by atoms with Crippen LogP contribution in [0.2, 0.25) is 0 Å². The number of hydrogen-bond donors (Lipinski definition) is 0. The second-order valence-electron chi connectivity index (χ2n) is 6.34. The molecule has 2 rings (SSSR count). The lowest BCUT2D eigenvalue weighted by molar-refractivity contribution is -0.574. The van der Waals surface area contributed by atoms with E-state index >= 15 is 0 Å². The van der Waals surface area contributed by atoms with Gasteiger partial charge in [0.1, 0.15) is 5.75 Å². The van der Waals surface area contributed by atoms with Crippen molar-refractivity contribution in [3.63, 3.8) is 0 Å². The molecule has 1 saturated carbocycles. The number of hydrogen-bond acceptors (Lipinski definition) is 7. The van der Waals surface area contributed by atoms with E-state index in [0.29, 0.717) is 24.2 Å². The van der Waals surface area contributed by atoms with Gasteiger partial charge in [-0.1, -0.05) is 12.1 Å². The standard InChI is InChI=1S/C18H23NO7/c1-24-13-8-6-12(7-9-13)15(14(16(20)25-2)17(21)26-3)18(19(22)23)10-4-5-11-18/h6-9,14-15H,4-5,10-11H2,1-3H3. The molecule has 8 heteroatoms. The molecule has 1 aromatic carbocycles. The van der Waals surface area contributed by atoms with Crippen molar-refractivity contribution in [1.29, 1.82) is 0 Å². The zero-order valence-electron chi connectivity index (χ0n) is 15.1. The van der Waals surface area contributed by atoms with Gasteiger partial charge in [-0.2, -0.15) is 0 Å². The van der Waals surface area contributed by atoms with Gasteiger partial charge in [-0.05, 0) is 30.5 Å². The number of carbonyl (C=O) groups excluding carboxylic acids is 2. The molecule has 26 heavy (non-hydrogen) atoms. The van der Waals surface area contributed by atoms with Crippen LogP contribution in [0.4, 0.5) is 0 Å². The Labute approximate surface area is 151 Å². The summed E-state index contributed by atoms with van der Waals surface area (Å²) in [5.74, 6) is -3.52. The van der Waals surface area contributed by atoms with Crippen molar-refractivity contribution in [1.82, 2.24) is 0 Å². The number of nitrogens with zero attached hydrogens (tertiary/aromatic N) is 1. The van der Waals surface area contributed by atoms with Gasteiger partial charge in [0.25, 0.3) is 0 Å². The fraction of sp³-hybridized carbons (Fsp3) is 0.556. The number of ether oxygens (including phenoxy) is 3. The lowest BCUT2D eigenvalue weighted by Gasteiger charge is -2.33. The van der Waals surface area contributed by atoms with Gasteiger partial charge in [0.05, 0.1) is 27.2 Å². The summed E-state index contributed by atoms with van der Waals surface area (Å²) in [5.41, 5.74) is -0.924. The van der Waals surface area contributed by atoms with Crippen molar-refractivity contribution in [2.24, 2.45) is 5.92 Å². The molecule has 0 bridgehead atoms. The van der Waals surface area contributed by atoms with Gasteiger partial charge in [0.15, 0.2) is 5.92 Å². The van der Waals surface area contributed by atoms with E-state index in [-0.39, 0.29) is 17.8 Å². The first-order chi connectivity index (χ1) is 12.4. The summed E-state index contributed by atoms with van der Waals surface area (Å²) in [6.07, 6.45) is 1.87. The molecule has 0 aliphatic heterocycles. The number of esters is 2. The number of benzene rings is 1. The van der Waals surface area contributed by atoms with Gasteiger partial charge in [-0.15, -0.1) is 0 Å². The van der Waals surface area contributed by atoms with E-state index in [9.17, 15) is 19.7 Å². The number of nitro groups is 1. The maximum Gasteiger partial charge on any atom is 0.320 e. The van der Waals surface area contributed by atoms with E-state index in [2.05, 4.69) is 0 Å². The van der Waals surface area contributed by atoms with Crippen LogP contribution in [0.15, 0.2) is 24.3 Å². The minimum absolute atomic E-state index is 0.279. The van der Waals surface area contributed by atoms with Gasteiger partial charge in [0, 0.05) is 17.8 Å². The van der Waals surface area contributed by atoms with Crippen LogP contribution in [0, 0.1) is 16.0 Å². The average Bonchev–Trinajstić information content (AvgIpc) is 3.16. The predicted molar refractivity (Wildman–Crippen MR) is 91.5 cm³/mol. The van der Waals surface area contributed by atoms with Crippen LogP contribution in [-0.4, -0.2) is 43.7 Å². The highest BCUT2D eigenvalue weighted by atomic mass is 16.6. The SMILES string of the molecule is COC(=O)C(C(=O)OC)C(c1ccc(OC)cc1)C1([N+](=O)[O-])CCCC1. The molecular weight excluding hydrogens is 342 g/mol. The first-order valence-corrected chi connectivity index (χ1v) is 8.35. The normalized spacial score (nSPS) is 16.8. The Bertz CT molecular complexity index is 649. The highest BCUT2D eigenvalue weighted by Crippen LogP contribution is 2.48. The lowest BCUT2D eigenvalue weighted by atomic mass is 9.70. The van der Waals surface area contributed by atoms with Crippen molar-refractivity contribution in [2.75, 3.05) is 21.3 Å². The summed E-state index contributed by atoms with van der Waals surface area (Å²) in [5, 5.41) is 12.1. The van der Waals surface area contributed by atoms with Gasteiger partial charge >= 0.3 is 11.9 Å². The van der Waals surface area contributed by atoms with E-state index in [4.69, 9.17) is 14.2 Å². The minimum atomic E-state index is -1.43. The fourth-order valence-corrected chi connectivity index (χ4v) is 3.84. The summed E-state index contributed by atoms with van der Waals surface area (Å²) in [6.45, 7) is 0. The van der Waals surface area contributed by atoms with Gasteiger partial charge in [-0.25, -0.2) is 0 Å². The van der Waals surface area contributed by atoms with Crippen LogP contribution >= 0.6 is 0 Å². The van der Waals surface area contributed by atoms with Crippen LogP contribution in [0.1, 0.15) is 37.2 Å². The molecule has 1 aromatic rings. The maximum atomic E-state index is 12.4. The zero-order chi connectivity index (χ0) is 19.3. The van der Waals surface area contributed by atoms with Crippen LogP contribution < -0.4 is 4.74 Å². The monoisotopic (exact) mass is 365 g/mol. The van der Waals surface area contributed by atoms with Gasteiger partial charge in [-0.3, -0.25) is 19.7 Å². The van der Waals surface area contributed by atoms with Crippen molar-refractivity contribution in [3.05, 3.63) is 39.9 Å². The van der Waals surface area contributed by atoms with E-state index in [1.165, 1.54) is 7.11 Å². The Balaban J connectivity index is 2.64. The Morgan fingerprint density at radius 3 is 1.92 bits per heavy atom. The largest absolute Gasteiger partial charge is 0.497 e. The topological polar surface area (TPSA) is 105 Å². The predicted octanol–water partition coefficient (Wildman–Crippen LogP) is 2.33. The molecule has 0 spiro atoms. The lowest BCUT2D eigenvalue weighted by Crippen LogP contribution is -2.49. The molecule has 8 nitrogen and oxygen atoms in total. The first kappa shape index (κ1) is 19.7. The summed E-state index contributed by atoms with van der Waals surface area (Å²) in [4.78, 5) is 36.5. The molecule has 0 saturated heterocycles. The molecule has 1 atom stereocenters. The van der Waals surface area contributed by atoms with E-state index in [0.717, 1.165) is 14.2 Å². The molecule has 1 aliphatic rings. The van der Waals surface area contributed by atoms with E-state index in [1.807, 2.05) is 0 Å². The highest BCUT2D eigenvalue weighted by molar-refractivity contribution is 5.96. The summed E-state index contributed by atoms with van der Waals surface area (Å²) in [7, 11) is 3.81. The average molecular weight is 365 g/mol. The third-order valence-corrected chi connectivity index (χ3v) is 5.13. The summed E-state index contributed by atoms with van der Waals surface area (Å²) in [6, 6.07) is 6.59. The quantitative estimate of drug-likeness (QED) is 0.316. The molecule has 1 aliphatic carbocycles. The molecular formula is C18H23NO7. The third kappa shape index (κ3) is 3.49. The van der Waals surface area contributed by atoms with Crippen molar-refractivity contribution in [2.45, 2.75) is 37.1 Å². The third-order valence-electron chi connectivity index (χ3n) is 5.13. The van der Waals surface area contributed by atoms with Gasteiger partial charge in [0.2, 0.25) is 5.54 Å². The first-order valence-electron chi connectivity index (χ1n) is 8.35. The minimum Gasteiger partial charge on any atom is -0.497 e. The second-order valence-corrected chi connectivity index (χ2v) is 6.34. The van der Waals surface area contributed by atoms with Crippen molar-refractivity contribution in [3.8, 4) is 5.75 Å². The Hall–Kier alpha value is -2.64. The number of rotatable bonds is 7. The molecule has 1 fully saturated rings. The molecule has 1 unspecified atom stereocenters. The molecule has 0 N–H and O–H groups in total. The van der Waals surface area contributed by atoms with Crippen LogP contribution in [0.3, 0.4) is 0 Å². The molecule has 0 amide bonds. The summed E-state index contributed by atoms with van der Waals surface area (Å²) >= 11 is 0. The number of carbonyl (C=O) groups is 2. The fourth-order valence-electron chi connectivity index (χ4n) is 3.84. The van der Waals surface area contributed by atoms with Crippen molar-refractivity contribution >= 4 is 11.9 Å². The molecule has 0 heterocycles. The highest BCUT2D eigenvalue weighted by Gasteiger charge is 2.59. The van der Waals surface area contributed by atoms with Crippen LogP contribution in [0.25, 0.3) is 0 Å². The van der Waals surface area contributed by atoms with Crippen LogP contribution in [0.5, 0.6) is 5.75 Å². The van der Waals surface area contributed by atoms with Crippen molar-refractivity contribution < 1.29 is 28.7 Å². The smallest absolute Gasteiger partial charge is 0.320 e. The Morgan fingerprint density at radius 1 is 1.04 bits per heavy atom. The molecule has 0 radical (unpaired) electrons. The Morgan fingerprint density at radius 2 is 1.54 bits per heavy atom. The number of methoxy groups -OCH3 is 3. The zero-order valence-corrected chi connectivity index (χ0v) is 15.1. The van der Waals surface area contributed by atoms with E-state index in [1.54, 1.807) is 24.3 Å². The van der Waals surface area contributed by atoms with Gasteiger partial charge < -0.3 is 14.2 Å². The molecule has 142 valence electrons. The van der Waals surface area contributed by atoms with E-state index < -0.39 is 29.3 Å².